The van der Waals surface area contributed by atoms with E-state index in [1.807, 2.05) is 6.07 Å². The van der Waals surface area contributed by atoms with Gasteiger partial charge < -0.3 is 4.55 Å². The van der Waals surface area contributed by atoms with Gasteiger partial charge >= 0.3 is 0 Å². The number of halogens is 2. The van der Waals surface area contributed by atoms with Gasteiger partial charge in [-0.15, -0.1) is 0 Å². The van der Waals surface area contributed by atoms with Crippen LogP contribution in [0.15, 0.2) is 0 Å². The Morgan fingerprint density at radius 2 is 2.00 bits per heavy atom. The average molecular weight is 319 g/mol. The molecule has 0 heterocycles. The number of nitriles is 1. The summed E-state index contributed by atoms with van der Waals surface area (Å²) in [6.45, 7) is 3.57. The molecule has 0 saturated carbocycles. The van der Waals surface area contributed by atoms with E-state index in [1.54, 1.807) is 13.8 Å². The number of hydrogen-bond donors (Lipinski definition) is 1. The van der Waals surface area contributed by atoms with Gasteiger partial charge in [-0.3, -0.25) is 0 Å². The molecule has 0 radical (unpaired) electrons. The van der Waals surface area contributed by atoms with Crippen LogP contribution in [-0.4, -0.2) is 17.2 Å². The van der Waals surface area contributed by atoms with Crippen LogP contribution < -0.4 is 0 Å². The van der Waals surface area contributed by atoms with Gasteiger partial charge in [0.1, 0.15) is 5.25 Å². The second-order valence-corrected chi connectivity index (χ2v) is 7.30. The lowest BCUT2D eigenvalue weighted by atomic mass is 10.1. The summed E-state index contributed by atoms with van der Waals surface area (Å²) in [5, 5.41) is 8.02. The Balaban J connectivity index is 4.78. The van der Waals surface area contributed by atoms with Gasteiger partial charge in [-0.05, 0) is 5.92 Å². The minimum absolute atomic E-state index is 0.0609. The molecular formula is C6H9Br2NO2S. The predicted octanol–water partition coefficient (Wildman–Crippen LogP) is 2.24. The molecule has 6 heteroatoms. The molecule has 0 amide bonds. The molecule has 0 rings (SSSR count). The molecule has 12 heavy (non-hydrogen) atoms. The standard InChI is InChI=1S/C6H9Br2NO2S/c1-4(2)5(12(10)11)6(7,8)3-9/h4-5H,1-2H3,(H,10,11). The summed E-state index contributed by atoms with van der Waals surface area (Å²) < 4.78 is 18.6. The Morgan fingerprint density at radius 1 is 1.58 bits per heavy atom. The van der Waals surface area contributed by atoms with E-state index in [0.29, 0.717) is 0 Å². The van der Waals surface area contributed by atoms with Crippen molar-refractivity contribution < 1.29 is 8.76 Å². The molecule has 0 bridgehead atoms. The maximum atomic E-state index is 10.8. The monoisotopic (exact) mass is 317 g/mol. The highest BCUT2D eigenvalue weighted by Crippen LogP contribution is 2.35. The van der Waals surface area contributed by atoms with Crippen molar-refractivity contribution in [3.8, 4) is 6.07 Å². The van der Waals surface area contributed by atoms with Crippen molar-refractivity contribution >= 4 is 42.9 Å². The van der Waals surface area contributed by atoms with Crippen molar-refractivity contribution in [2.45, 2.75) is 22.3 Å². The third-order valence-corrected chi connectivity index (χ3v) is 4.61. The van der Waals surface area contributed by atoms with Crippen molar-refractivity contribution in [2.75, 3.05) is 0 Å². The first-order chi connectivity index (χ1) is 5.33. The Morgan fingerprint density at radius 3 is 2.08 bits per heavy atom. The second-order valence-electron chi connectivity index (χ2n) is 2.68. The minimum Gasteiger partial charge on any atom is -0.306 e. The van der Waals surface area contributed by atoms with Gasteiger partial charge in [0.05, 0.1) is 6.07 Å². The quantitative estimate of drug-likeness (QED) is 0.641. The van der Waals surface area contributed by atoms with E-state index in [0.717, 1.165) is 0 Å². The first-order valence-corrected chi connectivity index (χ1v) is 5.97. The number of rotatable bonds is 3. The van der Waals surface area contributed by atoms with E-state index in [-0.39, 0.29) is 5.92 Å². The zero-order valence-corrected chi connectivity index (χ0v) is 10.6. The fourth-order valence-corrected chi connectivity index (χ4v) is 3.63. The van der Waals surface area contributed by atoms with Crippen LogP contribution in [0, 0.1) is 17.2 Å². The van der Waals surface area contributed by atoms with E-state index in [1.165, 1.54) is 0 Å². The van der Waals surface area contributed by atoms with Gasteiger partial charge in [-0.1, -0.05) is 45.7 Å². The summed E-state index contributed by atoms with van der Waals surface area (Å²) in [4.78, 5) is 0. The first-order valence-electron chi connectivity index (χ1n) is 3.21. The number of hydrogen-bond acceptors (Lipinski definition) is 2. The molecule has 0 fully saturated rings. The van der Waals surface area contributed by atoms with Gasteiger partial charge in [0.15, 0.2) is 14.3 Å². The lowest BCUT2D eigenvalue weighted by Gasteiger charge is -2.24. The Labute approximate surface area is 91.1 Å². The molecule has 70 valence electrons. The third kappa shape index (κ3) is 3.13. The van der Waals surface area contributed by atoms with E-state index in [9.17, 15) is 4.21 Å². The molecular weight excluding hydrogens is 310 g/mol. The Hall–Kier alpha value is 0.560. The number of nitrogens with zero attached hydrogens (tertiary/aromatic N) is 1. The predicted molar refractivity (Wildman–Crippen MR) is 55.6 cm³/mol. The van der Waals surface area contributed by atoms with E-state index < -0.39 is 19.6 Å². The van der Waals surface area contributed by atoms with E-state index >= 15 is 0 Å². The molecule has 0 spiro atoms. The van der Waals surface area contributed by atoms with Crippen LogP contribution in [-0.2, 0) is 11.1 Å². The van der Waals surface area contributed by atoms with E-state index in [4.69, 9.17) is 9.81 Å². The molecule has 2 atom stereocenters. The third-order valence-electron chi connectivity index (χ3n) is 1.33. The first kappa shape index (κ1) is 12.6. The zero-order chi connectivity index (χ0) is 9.94. The van der Waals surface area contributed by atoms with Gasteiger partial charge in [0.25, 0.3) is 0 Å². The van der Waals surface area contributed by atoms with Gasteiger partial charge in [-0.25, -0.2) is 4.21 Å². The van der Waals surface area contributed by atoms with Crippen molar-refractivity contribution in [1.29, 1.82) is 5.26 Å². The molecule has 0 aliphatic rings. The Kier molecular flexibility index (Phi) is 4.92. The molecule has 1 N–H and O–H groups in total. The van der Waals surface area contributed by atoms with Gasteiger partial charge in [-0.2, -0.15) is 5.26 Å². The lowest BCUT2D eigenvalue weighted by Crippen LogP contribution is -2.37. The van der Waals surface area contributed by atoms with Crippen molar-refractivity contribution in [3.63, 3.8) is 0 Å². The summed E-state index contributed by atoms with van der Waals surface area (Å²) in [6, 6.07) is 1.88. The van der Waals surface area contributed by atoms with Crippen LogP contribution in [0.2, 0.25) is 0 Å². The fraction of sp³-hybridized carbons (Fsp3) is 0.833. The molecule has 0 saturated heterocycles. The molecule has 0 aromatic rings. The SMILES string of the molecule is CC(C)C(S(=O)O)C(Br)(Br)C#N. The Bertz CT molecular complexity index is 224. The normalized spacial score (nSPS) is 17.1. The maximum absolute atomic E-state index is 10.8. The van der Waals surface area contributed by atoms with Crippen LogP contribution in [0.4, 0.5) is 0 Å². The minimum atomic E-state index is -2.02. The van der Waals surface area contributed by atoms with Gasteiger partial charge in [0.2, 0.25) is 0 Å². The van der Waals surface area contributed by atoms with E-state index in [2.05, 4.69) is 31.9 Å². The summed E-state index contributed by atoms with van der Waals surface area (Å²) in [6.07, 6.45) is 0. The van der Waals surface area contributed by atoms with Crippen LogP contribution in [0.5, 0.6) is 0 Å². The van der Waals surface area contributed by atoms with Crippen LogP contribution >= 0.6 is 31.9 Å². The van der Waals surface area contributed by atoms with Gasteiger partial charge in [0, 0.05) is 0 Å². The largest absolute Gasteiger partial charge is 0.306 e. The smallest absolute Gasteiger partial charge is 0.183 e. The summed E-state index contributed by atoms with van der Waals surface area (Å²) >= 11 is 4.08. The highest BCUT2D eigenvalue weighted by atomic mass is 79.9. The van der Waals surface area contributed by atoms with Crippen LogP contribution in [0.1, 0.15) is 13.8 Å². The van der Waals surface area contributed by atoms with Crippen molar-refractivity contribution in [3.05, 3.63) is 0 Å². The zero-order valence-electron chi connectivity index (χ0n) is 6.62. The fourth-order valence-electron chi connectivity index (χ4n) is 0.842. The second kappa shape index (κ2) is 4.70. The molecule has 3 nitrogen and oxygen atoms in total. The number of alkyl halides is 2. The highest BCUT2D eigenvalue weighted by Gasteiger charge is 2.40. The molecule has 0 aliphatic heterocycles. The van der Waals surface area contributed by atoms with Crippen molar-refractivity contribution in [1.82, 2.24) is 0 Å². The topological polar surface area (TPSA) is 61.1 Å². The molecule has 0 aromatic carbocycles. The summed E-state index contributed by atoms with van der Waals surface area (Å²) in [7, 11) is 0. The summed E-state index contributed by atoms with van der Waals surface area (Å²) in [5.41, 5.74) is 0. The maximum Gasteiger partial charge on any atom is 0.183 e. The van der Waals surface area contributed by atoms with Crippen molar-refractivity contribution in [2.24, 2.45) is 5.92 Å². The highest BCUT2D eigenvalue weighted by molar-refractivity contribution is 9.25. The van der Waals surface area contributed by atoms with Crippen LogP contribution in [0.25, 0.3) is 0 Å². The molecule has 0 aromatic heterocycles. The van der Waals surface area contributed by atoms with Crippen LogP contribution in [0.3, 0.4) is 0 Å². The molecule has 2 unspecified atom stereocenters. The lowest BCUT2D eigenvalue weighted by molar-refractivity contribution is 0.509. The molecule has 0 aliphatic carbocycles. The average Bonchev–Trinajstić information content (AvgIpc) is 1.84. The summed E-state index contributed by atoms with van der Waals surface area (Å²) in [5.74, 6) is -0.0609.